The summed E-state index contributed by atoms with van der Waals surface area (Å²) in [5.41, 5.74) is 0. The van der Waals surface area contributed by atoms with Gasteiger partial charge in [0.1, 0.15) is 0 Å². The van der Waals surface area contributed by atoms with Crippen molar-refractivity contribution in [2.24, 2.45) is 0 Å². The molecule has 0 aliphatic carbocycles. The van der Waals surface area contributed by atoms with Crippen molar-refractivity contribution >= 4 is 17.9 Å². The van der Waals surface area contributed by atoms with E-state index in [-0.39, 0.29) is 6.54 Å². The van der Waals surface area contributed by atoms with E-state index in [4.69, 9.17) is 0 Å². The molecule has 35 heavy (non-hydrogen) atoms. The Morgan fingerprint density at radius 3 is 1.23 bits per heavy atom. The molecule has 0 saturated carbocycles. The lowest BCUT2D eigenvalue weighted by Gasteiger charge is -2.47. The molecule has 0 radical (unpaired) electrons. The average Bonchev–Trinajstić information content (AvgIpc) is 2.82. The molecule has 0 bridgehead atoms. The van der Waals surface area contributed by atoms with Crippen LogP contribution in [0.1, 0.15) is 124 Å². The minimum absolute atomic E-state index is 0.223. The minimum atomic E-state index is -1.17. The molecule has 7 heteroatoms. The first-order chi connectivity index (χ1) is 16.6. The van der Waals surface area contributed by atoms with Gasteiger partial charge >= 0.3 is 17.9 Å². The van der Waals surface area contributed by atoms with Crippen LogP contribution in [0.5, 0.6) is 0 Å². The van der Waals surface area contributed by atoms with Crippen LogP contribution in [0, 0.1) is 0 Å². The molecule has 0 aromatic carbocycles. The van der Waals surface area contributed by atoms with Gasteiger partial charge in [-0.2, -0.15) is 0 Å². The smallest absolute Gasteiger partial charge is 0.362 e. The van der Waals surface area contributed by atoms with Crippen molar-refractivity contribution in [2.45, 2.75) is 142 Å². The van der Waals surface area contributed by atoms with Crippen molar-refractivity contribution in [3.63, 3.8) is 0 Å². The zero-order valence-corrected chi connectivity index (χ0v) is 22.7. The van der Waals surface area contributed by atoms with Crippen LogP contribution >= 0.6 is 0 Å². The lowest BCUT2D eigenvalue weighted by molar-refractivity contribution is -0.968. The highest BCUT2D eigenvalue weighted by Crippen LogP contribution is 2.27. The lowest BCUT2D eigenvalue weighted by Crippen LogP contribution is -2.70. The van der Waals surface area contributed by atoms with E-state index in [9.17, 15) is 29.7 Å². The number of carboxylic acids is 3. The van der Waals surface area contributed by atoms with Crippen molar-refractivity contribution in [3.05, 3.63) is 12.2 Å². The molecule has 0 aromatic rings. The van der Waals surface area contributed by atoms with Crippen LogP contribution < -0.4 is 0 Å². The van der Waals surface area contributed by atoms with Gasteiger partial charge in [0.05, 0.1) is 6.54 Å². The van der Waals surface area contributed by atoms with E-state index in [0.29, 0.717) is 6.42 Å². The monoisotopic (exact) mass is 498 g/mol. The Morgan fingerprint density at radius 2 is 0.886 bits per heavy atom. The SMILES string of the molecule is CCCCCC/C=C/CCCCCCCCCCC[N+](C(C)C(=O)O)(C(C)C(=O)O)C(C)C(=O)O. The molecule has 0 spiro atoms. The second-order valence-corrected chi connectivity index (χ2v) is 10.1. The minimum Gasteiger partial charge on any atom is -0.477 e. The summed E-state index contributed by atoms with van der Waals surface area (Å²) in [5, 5.41) is 28.9. The van der Waals surface area contributed by atoms with Crippen molar-refractivity contribution < 1.29 is 34.2 Å². The van der Waals surface area contributed by atoms with Crippen molar-refractivity contribution in [1.82, 2.24) is 0 Å². The van der Waals surface area contributed by atoms with E-state index in [0.717, 1.165) is 25.7 Å². The Bertz CT molecular complexity index is 583. The topological polar surface area (TPSA) is 112 Å². The number of carboxylic acid groups (broad SMARTS) is 3. The van der Waals surface area contributed by atoms with Crippen LogP contribution in [0.4, 0.5) is 0 Å². The van der Waals surface area contributed by atoms with Crippen LogP contribution in [0.25, 0.3) is 0 Å². The zero-order valence-electron chi connectivity index (χ0n) is 22.7. The Hall–Kier alpha value is -1.89. The third-order valence-electron chi connectivity index (χ3n) is 7.54. The number of nitrogens with zero attached hydrogens (tertiary/aromatic N) is 1. The Morgan fingerprint density at radius 1 is 0.571 bits per heavy atom. The molecule has 0 aliphatic heterocycles. The summed E-state index contributed by atoms with van der Waals surface area (Å²) in [6, 6.07) is -3.37. The fourth-order valence-electron chi connectivity index (χ4n) is 5.01. The predicted octanol–water partition coefficient (Wildman–Crippen LogP) is 6.65. The largest absolute Gasteiger partial charge is 0.477 e. The van der Waals surface area contributed by atoms with E-state index < -0.39 is 40.5 Å². The highest BCUT2D eigenvalue weighted by Gasteiger charge is 2.52. The molecule has 7 nitrogen and oxygen atoms in total. The Kier molecular flexibility index (Phi) is 18.3. The van der Waals surface area contributed by atoms with Crippen molar-refractivity contribution in [1.29, 1.82) is 0 Å². The second kappa shape index (κ2) is 19.3. The highest BCUT2D eigenvalue weighted by atomic mass is 16.4. The number of aliphatic carboxylic acids is 3. The predicted molar refractivity (Wildman–Crippen MR) is 140 cm³/mol. The number of unbranched alkanes of at least 4 members (excludes halogenated alkanes) is 13. The van der Waals surface area contributed by atoms with Gasteiger partial charge in [0.25, 0.3) is 0 Å². The Labute approximate surface area is 213 Å². The van der Waals surface area contributed by atoms with E-state index in [1.807, 2.05) is 0 Å². The number of quaternary nitrogens is 1. The van der Waals surface area contributed by atoms with Crippen molar-refractivity contribution in [3.8, 4) is 0 Å². The first kappa shape index (κ1) is 33.1. The number of carbonyl (C=O) groups is 3. The summed E-state index contributed by atoms with van der Waals surface area (Å²) >= 11 is 0. The quantitative estimate of drug-likeness (QED) is 0.0826. The van der Waals surface area contributed by atoms with Gasteiger partial charge in [-0.1, -0.05) is 76.9 Å². The van der Waals surface area contributed by atoms with E-state index in [2.05, 4.69) is 19.1 Å². The summed E-state index contributed by atoms with van der Waals surface area (Å²) in [7, 11) is 0. The standard InChI is InChI=1S/C28H51NO6/c1-5-6-7-8-9-10-11-12-13-14-15-16-17-18-19-20-21-22-29(23(2)26(30)31,24(3)27(32)33)25(4)28(34)35/h10-11,23-25H,5-9,12-22H2,1-4H3,(H2-,30,31,32,33,34,35)/p+1/b11-10+. The number of allylic oxidation sites excluding steroid dienone is 2. The normalized spacial score (nSPS) is 16.0. The van der Waals surface area contributed by atoms with E-state index >= 15 is 0 Å². The second-order valence-electron chi connectivity index (χ2n) is 10.1. The molecule has 0 aliphatic rings. The molecular formula is C28H52NO6+. The molecule has 0 heterocycles. The van der Waals surface area contributed by atoms with Gasteiger partial charge in [-0.15, -0.1) is 0 Å². The molecule has 0 saturated heterocycles. The number of hydrogen-bond acceptors (Lipinski definition) is 3. The van der Waals surface area contributed by atoms with Gasteiger partial charge in [0, 0.05) is 0 Å². The summed E-state index contributed by atoms with van der Waals surface area (Å²) in [6.45, 7) is 6.72. The van der Waals surface area contributed by atoms with Crippen LogP contribution in [0.2, 0.25) is 0 Å². The molecule has 3 unspecified atom stereocenters. The molecule has 3 atom stereocenters. The third kappa shape index (κ3) is 12.6. The van der Waals surface area contributed by atoms with Gasteiger partial charge in [0.2, 0.25) is 0 Å². The van der Waals surface area contributed by atoms with Crippen molar-refractivity contribution in [2.75, 3.05) is 6.54 Å². The van der Waals surface area contributed by atoms with Crippen LogP contribution in [-0.2, 0) is 14.4 Å². The maximum atomic E-state index is 11.8. The molecule has 0 fully saturated rings. The summed E-state index contributed by atoms with van der Waals surface area (Å²) < 4.78 is -0.479. The van der Waals surface area contributed by atoms with E-state index in [1.165, 1.54) is 85.0 Å². The molecular weight excluding hydrogens is 446 g/mol. The first-order valence-corrected chi connectivity index (χ1v) is 13.8. The van der Waals surface area contributed by atoms with Crippen LogP contribution in [0.3, 0.4) is 0 Å². The summed E-state index contributed by atoms with van der Waals surface area (Å²) in [4.78, 5) is 35.3. The highest BCUT2D eigenvalue weighted by molar-refractivity contribution is 5.77. The molecule has 0 rings (SSSR count). The molecule has 204 valence electrons. The molecule has 3 N–H and O–H groups in total. The van der Waals surface area contributed by atoms with Gasteiger partial charge in [0.15, 0.2) is 18.1 Å². The van der Waals surface area contributed by atoms with Gasteiger partial charge in [-0.25, -0.2) is 14.4 Å². The average molecular weight is 499 g/mol. The fourth-order valence-corrected chi connectivity index (χ4v) is 5.01. The van der Waals surface area contributed by atoms with Gasteiger partial charge in [-0.3, -0.25) is 4.48 Å². The van der Waals surface area contributed by atoms with E-state index in [1.54, 1.807) is 0 Å². The van der Waals surface area contributed by atoms with Crippen LogP contribution in [-0.4, -0.2) is 62.4 Å². The first-order valence-electron chi connectivity index (χ1n) is 13.8. The number of rotatable bonds is 23. The zero-order chi connectivity index (χ0) is 26.7. The summed E-state index contributed by atoms with van der Waals surface area (Å²) in [6.07, 6.45) is 22.0. The third-order valence-corrected chi connectivity index (χ3v) is 7.54. The maximum Gasteiger partial charge on any atom is 0.362 e. The van der Waals surface area contributed by atoms with Gasteiger partial charge in [-0.05, 0) is 59.3 Å². The van der Waals surface area contributed by atoms with Crippen LogP contribution in [0.15, 0.2) is 12.2 Å². The summed E-state index contributed by atoms with van der Waals surface area (Å²) in [5.74, 6) is -3.52. The fraction of sp³-hybridized carbons (Fsp3) is 0.821. The lowest BCUT2D eigenvalue weighted by atomic mass is 10.00. The van der Waals surface area contributed by atoms with Gasteiger partial charge < -0.3 is 15.3 Å². The maximum absolute atomic E-state index is 11.8. The number of hydrogen-bond donors (Lipinski definition) is 3. The molecule has 0 aromatic heterocycles. The molecule has 0 amide bonds. The Balaban J connectivity index is 4.28.